The summed E-state index contributed by atoms with van der Waals surface area (Å²) in [5, 5.41) is 0. The second-order valence-electron chi connectivity index (χ2n) is 5.22. The SMILES string of the molecule is COc1ccc(C2/C(=C\OC(C)=O)C2(C)C)c(F)c1. The molecule has 0 bridgehead atoms. The lowest BCUT2D eigenvalue weighted by atomic mass is 10.0. The molecule has 2 rings (SSSR count). The summed E-state index contributed by atoms with van der Waals surface area (Å²) in [6, 6.07) is 4.82. The van der Waals surface area contributed by atoms with Crippen molar-refractivity contribution in [3.63, 3.8) is 0 Å². The first kappa shape index (κ1) is 13.6. The molecule has 0 N–H and O–H groups in total. The normalized spacial score (nSPS) is 22.2. The molecule has 0 saturated heterocycles. The number of allylic oxidation sites excluding steroid dienone is 1. The highest BCUT2D eigenvalue weighted by atomic mass is 19.1. The summed E-state index contributed by atoms with van der Waals surface area (Å²) in [6.07, 6.45) is 1.44. The topological polar surface area (TPSA) is 35.5 Å². The molecule has 3 nitrogen and oxygen atoms in total. The standard InChI is InChI=1S/C15H17FO3/c1-9(17)19-8-12-14(15(12,2)3)11-6-5-10(18-4)7-13(11)16/h5-8,14H,1-4H3/b12-8+. The van der Waals surface area contributed by atoms with Gasteiger partial charge >= 0.3 is 5.97 Å². The predicted octanol–water partition coefficient (Wildman–Crippen LogP) is 3.40. The number of benzene rings is 1. The van der Waals surface area contributed by atoms with E-state index in [0.717, 1.165) is 5.57 Å². The van der Waals surface area contributed by atoms with Crippen molar-refractivity contribution in [2.75, 3.05) is 7.11 Å². The molecule has 1 aliphatic rings. The van der Waals surface area contributed by atoms with Crippen molar-refractivity contribution in [3.8, 4) is 5.75 Å². The van der Waals surface area contributed by atoms with Crippen LogP contribution >= 0.6 is 0 Å². The van der Waals surface area contributed by atoms with Crippen LogP contribution < -0.4 is 4.74 Å². The first-order valence-corrected chi connectivity index (χ1v) is 6.09. The van der Waals surface area contributed by atoms with E-state index >= 15 is 0 Å². The van der Waals surface area contributed by atoms with E-state index in [-0.39, 0.29) is 23.1 Å². The van der Waals surface area contributed by atoms with E-state index in [0.29, 0.717) is 11.3 Å². The number of ether oxygens (including phenoxy) is 2. The Morgan fingerprint density at radius 3 is 2.63 bits per heavy atom. The van der Waals surface area contributed by atoms with E-state index in [1.165, 1.54) is 26.4 Å². The fraction of sp³-hybridized carbons (Fsp3) is 0.400. The van der Waals surface area contributed by atoms with Crippen molar-refractivity contribution >= 4 is 5.97 Å². The summed E-state index contributed by atoms with van der Waals surface area (Å²) in [7, 11) is 1.50. The summed E-state index contributed by atoms with van der Waals surface area (Å²) in [5.74, 6) is -0.240. The quantitative estimate of drug-likeness (QED) is 0.620. The molecule has 1 fully saturated rings. The van der Waals surface area contributed by atoms with Gasteiger partial charge in [-0.1, -0.05) is 19.9 Å². The third kappa shape index (κ3) is 2.48. The van der Waals surface area contributed by atoms with E-state index in [1.54, 1.807) is 12.1 Å². The molecule has 0 aromatic heterocycles. The molecule has 0 spiro atoms. The summed E-state index contributed by atoms with van der Waals surface area (Å²) in [5.41, 5.74) is 1.33. The molecule has 19 heavy (non-hydrogen) atoms. The zero-order valence-corrected chi connectivity index (χ0v) is 11.5. The lowest BCUT2D eigenvalue weighted by Gasteiger charge is -2.06. The van der Waals surface area contributed by atoms with Crippen molar-refractivity contribution in [2.45, 2.75) is 26.7 Å². The largest absolute Gasteiger partial charge is 0.497 e. The molecule has 0 aliphatic heterocycles. The van der Waals surface area contributed by atoms with Crippen LogP contribution in [0.2, 0.25) is 0 Å². The van der Waals surface area contributed by atoms with Gasteiger partial charge in [0.2, 0.25) is 0 Å². The Kier molecular flexibility index (Phi) is 3.35. The number of methoxy groups -OCH3 is 1. The fourth-order valence-electron chi connectivity index (χ4n) is 2.37. The molecular formula is C15H17FO3. The van der Waals surface area contributed by atoms with E-state index in [9.17, 15) is 9.18 Å². The van der Waals surface area contributed by atoms with E-state index in [1.807, 2.05) is 13.8 Å². The summed E-state index contributed by atoms with van der Waals surface area (Å²) in [6.45, 7) is 5.34. The van der Waals surface area contributed by atoms with E-state index in [2.05, 4.69) is 0 Å². The predicted molar refractivity (Wildman–Crippen MR) is 69.3 cm³/mol. The van der Waals surface area contributed by atoms with Gasteiger partial charge in [0.15, 0.2) is 0 Å². The maximum absolute atomic E-state index is 14.0. The molecule has 1 aromatic carbocycles. The third-order valence-electron chi connectivity index (χ3n) is 3.56. The minimum atomic E-state index is -0.371. The van der Waals surface area contributed by atoms with Gasteiger partial charge in [-0.05, 0) is 17.2 Å². The Bertz CT molecular complexity index is 546. The molecule has 4 heteroatoms. The first-order chi connectivity index (χ1) is 8.87. The highest BCUT2D eigenvalue weighted by molar-refractivity contribution is 5.67. The molecule has 0 heterocycles. The van der Waals surface area contributed by atoms with Gasteiger partial charge in [-0.2, -0.15) is 0 Å². The van der Waals surface area contributed by atoms with Gasteiger partial charge in [-0.15, -0.1) is 0 Å². The van der Waals surface area contributed by atoms with Crippen LogP contribution in [0.25, 0.3) is 0 Å². The van der Waals surface area contributed by atoms with Crippen molar-refractivity contribution < 1.29 is 18.7 Å². The second-order valence-corrected chi connectivity index (χ2v) is 5.22. The zero-order chi connectivity index (χ0) is 14.2. The van der Waals surface area contributed by atoms with Gasteiger partial charge in [0.05, 0.1) is 13.4 Å². The number of carbonyl (C=O) groups is 1. The molecule has 1 saturated carbocycles. The van der Waals surface area contributed by atoms with Crippen LogP contribution in [0.4, 0.5) is 4.39 Å². The van der Waals surface area contributed by atoms with Crippen LogP contribution in [0, 0.1) is 11.2 Å². The maximum Gasteiger partial charge on any atom is 0.307 e. The number of hydrogen-bond donors (Lipinski definition) is 0. The number of carbonyl (C=O) groups excluding carboxylic acids is 1. The summed E-state index contributed by atoms with van der Waals surface area (Å²) < 4.78 is 23.9. The van der Waals surface area contributed by atoms with E-state index in [4.69, 9.17) is 9.47 Å². The van der Waals surface area contributed by atoms with Gasteiger partial charge in [0, 0.05) is 24.3 Å². The van der Waals surface area contributed by atoms with Crippen LogP contribution in [0.3, 0.4) is 0 Å². The molecule has 1 unspecified atom stereocenters. The second kappa shape index (κ2) is 4.68. The Balaban J connectivity index is 2.28. The molecular weight excluding hydrogens is 247 g/mol. The van der Waals surface area contributed by atoms with Gasteiger partial charge in [0.25, 0.3) is 0 Å². The lowest BCUT2D eigenvalue weighted by Crippen LogP contribution is -1.94. The molecule has 1 aromatic rings. The van der Waals surface area contributed by atoms with E-state index < -0.39 is 0 Å². The first-order valence-electron chi connectivity index (χ1n) is 6.09. The molecule has 1 atom stereocenters. The van der Waals surface area contributed by atoms with Gasteiger partial charge in [-0.25, -0.2) is 4.39 Å². The van der Waals surface area contributed by atoms with Crippen LogP contribution in [-0.4, -0.2) is 13.1 Å². The molecule has 1 aliphatic carbocycles. The Labute approximate surface area is 112 Å². The zero-order valence-electron chi connectivity index (χ0n) is 11.5. The maximum atomic E-state index is 14.0. The van der Waals surface area contributed by atoms with Crippen molar-refractivity contribution in [2.24, 2.45) is 5.41 Å². The van der Waals surface area contributed by atoms with Crippen molar-refractivity contribution in [1.82, 2.24) is 0 Å². The van der Waals surface area contributed by atoms with Crippen LogP contribution in [0.5, 0.6) is 5.75 Å². The molecule has 102 valence electrons. The van der Waals surface area contributed by atoms with Gasteiger partial charge < -0.3 is 9.47 Å². The number of hydrogen-bond acceptors (Lipinski definition) is 3. The minimum absolute atomic E-state index is 0.0576. The van der Waals surface area contributed by atoms with Crippen LogP contribution in [0.1, 0.15) is 32.3 Å². The number of halogens is 1. The highest BCUT2D eigenvalue weighted by Gasteiger charge is 2.54. The highest BCUT2D eigenvalue weighted by Crippen LogP contribution is 2.64. The lowest BCUT2D eigenvalue weighted by molar-refractivity contribution is -0.135. The Hall–Kier alpha value is -1.84. The third-order valence-corrected chi connectivity index (χ3v) is 3.56. The smallest absolute Gasteiger partial charge is 0.307 e. The van der Waals surface area contributed by atoms with Gasteiger partial charge in [0.1, 0.15) is 11.6 Å². The van der Waals surface area contributed by atoms with Crippen molar-refractivity contribution in [3.05, 3.63) is 41.4 Å². The molecule has 0 amide bonds. The number of rotatable bonds is 3. The Morgan fingerprint density at radius 1 is 1.42 bits per heavy atom. The minimum Gasteiger partial charge on any atom is -0.497 e. The summed E-state index contributed by atoms with van der Waals surface area (Å²) >= 11 is 0. The van der Waals surface area contributed by atoms with Crippen molar-refractivity contribution in [1.29, 1.82) is 0 Å². The average Bonchev–Trinajstić information content (AvgIpc) is 2.88. The average molecular weight is 264 g/mol. The Morgan fingerprint density at radius 2 is 2.11 bits per heavy atom. The monoisotopic (exact) mass is 264 g/mol. The van der Waals surface area contributed by atoms with Crippen LogP contribution in [-0.2, 0) is 9.53 Å². The van der Waals surface area contributed by atoms with Crippen LogP contribution in [0.15, 0.2) is 30.0 Å². The summed E-state index contributed by atoms with van der Waals surface area (Å²) in [4.78, 5) is 10.8. The number of esters is 1. The van der Waals surface area contributed by atoms with Gasteiger partial charge in [-0.3, -0.25) is 4.79 Å². The molecule has 0 radical (unpaired) electrons. The fourth-order valence-corrected chi connectivity index (χ4v) is 2.37.